The standard InChI is InChI=1S/C18H16BrClN2O3/c1-11(23)9-21-16-8-14(20)6-7-15(16)17(24)22(18(21)25)10-12-2-4-13(19)5-3-12/h2-8,11,23H,9-10H2,1H3. The number of aromatic nitrogens is 2. The summed E-state index contributed by atoms with van der Waals surface area (Å²) in [4.78, 5) is 25.7. The molecule has 1 heterocycles. The summed E-state index contributed by atoms with van der Waals surface area (Å²) in [5.41, 5.74) is 0.416. The number of rotatable bonds is 4. The third kappa shape index (κ3) is 3.71. The van der Waals surface area contributed by atoms with Crippen molar-refractivity contribution >= 4 is 38.4 Å². The van der Waals surface area contributed by atoms with E-state index in [1.165, 1.54) is 9.13 Å². The Morgan fingerprint density at radius 2 is 1.80 bits per heavy atom. The minimum Gasteiger partial charge on any atom is -0.392 e. The fraction of sp³-hybridized carbons (Fsp3) is 0.222. The van der Waals surface area contributed by atoms with E-state index in [0.29, 0.717) is 15.9 Å². The first-order chi connectivity index (χ1) is 11.9. The van der Waals surface area contributed by atoms with Gasteiger partial charge in [0.1, 0.15) is 0 Å². The number of halogens is 2. The van der Waals surface area contributed by atoms with Crippen molar-refractivity contribution in [2.45, 2.75) is 26.1 Å². The topological polar surface area (TPSA) is 64.2 Å². The van der Waals surface area contributed by atoms with Crippen LogP contribution in [0.2, 0.25) is 5.02 Å². The van der Waals surface area contributed by atoms with Gasteiger partial charge in [0.25, 0.3) is 5.56 Å². The highest BCUT2D eigenvalue weighted by molar-refractivity contribution is 9.10. The van der Waals surface area contributed by atoms with E-state index in [1.807, 2.05) is 24.3 Å². The molecule has 7 heteroatoms. The maximum Gasteiger partial charge on any atom is 0.331 e. The molecule has 1 N–H and O–H groups in total. The first-order valence-electron chi connectivity index (χ1n) is 7.72. The Labute approximate surface area is 157 Å². The maximum atomic E-state index is 12.9. The highest BCUT2D eigenvalue weighted by Crippen LogP contribution is 2.16. The second-order valence-corrected chi connectivity index (χ2v) is 7.27. The van der Waals surface area contributed by atoms with Crippen molar-refractivity contribution in [1.29, 1.82) is 0 Å². The molecule has 0 saturated carbocycles. The Balaban J connectivity index is 2.24. The van der Waals surface area contributed by atoms with Crippen LogP contribution in [0.25, 0.3) is 10.9 Å². The van der Waals surface area contributed by atoms with Gasteiger partial charge in [0.15, 0.2) is 0 Å². The van der Waals surface area contributed by atoms with Gasteiger partial charge < -0.3 is 5.11 Å². The molecule has 1 atom stereocenters. The quantitative estimate of drug-likeness (QED) is 0.701. The van der Waals surface area contributed by atoms with Crippen molar-refractivity contribution in [2.24, 2.45) is 0 Å². The van der Waals surface area contributed by atoms with Crippen LogP contribution in [0.4, 0.5) is 0 Å². The average molecular weight is 424 g/mol. The summed E-state index contributed by atoms with van der Waals surface area (Å²) in [6.45, 7) is 1.83. The predicted molar refractivity (Wildman–Crippen MR) is 102 cm³/mol. The molecule has 0 spiro atoms. The fourth-order valence-electron chi connectivity index (χ4n) is 2.74. The molecule has 3 aromatic rings. The number of nitrogens with zero attached hydrogens (tertiary/aromatic N) is 2. The van der Waals surface area contributed by atoms with Gasteiger partial charge in [-0.1, -0.05) is 39.7 Å². The summed E-state index contributed by atoms with van der Waals surface area (Å²) in [6.07, 6.45) is -0.737. The van der Waals surface area contributed by atoms with Crippen LogP contribution in [-0.2, 0) is 13.1 Å². The van der Waals surface area contributed by atoms with Crippen LogP contribution in [0, 0.1) is 0 Å². The smallest absolute Gasteiger partial charge is 0.331 e. The Kier molecular flexibility index (Phi) is 5.13. The molecule has 0 bridgehead atoms. The number of aliphatic hydroxyl groups is 1. The minimum absolute atomic E-state index is 0.0797. The Hall–Kier alpha value is -1.89. The molecule has 3 rings (SSSR count). The van der Waals surface area contributed by atoms with Crippen LogP contribution >= 0.6 is 27.5 Å². The molecule has 0 amide bonds. The zero-order valence-corrected chi connectivity index (χ0v) is 15.8. The van der Waals surface area contributed by atoms with Crippen LogP contribution in [-0.4, -0.2) is 20.3 Å². The van der Waals surface area contributed by atoms with Crippen LogP contribution in [0.1, 0.15) is 12.5 Å². The van der Waals surface area contributed by atoms with Gasteiger partial charge in [0.05, 0.1) is 30.1 Å². The van der Waals surface area contributed by atoms with Crippen molar-refractivity contribution in [3.8, 4) is 0 Å². The number of hydrogen-bond donors (Lipinski definition) is 1. The third-order valence-electron chi connectivity index (χ3n) is 3.89. The summed E-state index contributed by atoms with van der Waals surface area (Å²) in [5, 5.41) is 10.6. The summed E-state index contributed by atoms with van der Waals surface area (Å²) >= 11 is 9.39. The molecule has 0 aliphatic carbocycles. The van der Waals surface area contributed by atoms with Crippen molar-refractivity contribution in [3.63, 3.8) is 0 Å². The molecule has 1 aromatic heterocycles. The highest BCUT2D eigenvalue weighted by Gasteiger charge is 2.15. The zero-order chi connectivity index (χ0) is 18.1. The first kappa shape index (κ1) is 17.9. The van der Waals surface area contributed by atoms with Gasteiger partial charge in [-0.25, -0.2) is 4.79 Å². The summed E-state index contributed by atoms with van der Waals surface area (Å²) < 4.78 is 3.50. The van der Waals surface area contributed by atoms with Crippen molar-refractivity contribution < 1.29 is 5.11 Å². The van der Waals surface area contributed by atoms with E-state index >= 15 is 0 Å². The van der Waals surface area contributed by atoms with Gasteiger partial charge in [-0.05, 0) is 42.8 Å². The van der Waals surface area contributed by atoms with Crippen LogP contribution in [0.5, 0.6) is 0 Å². The molecule has 25 heavy (non-hydrogen) atoms. The largest absolute Gasteiger partial charge is 0.392 e. The normalized spacial score (nSPS) is 12.5. The van der Waals surface area contributed by atoms with E-state index < -0.39 is 11.8 Å². The molecular weight excluding hydrogens is 408 g/mol. The van der Waals surface area contributed by atoms with Gasteiger partial charge >= 0.3 is 5.69 Å². The SMILES string of the molecule is CC(O)Cn1c(=O)n(Cc2ccc(Br)cc2)c(=O)c2ccc(Cl)cc21. The zero-order valence-electron chi connectivity index (χ0n) is 13.4. The molecule has 5 nitrogen and oxygen atoms in total. The van der Waals surface area contributed by atoms with Crippen molar-refractivity contribution in [2.75, 3.05) is 0 Å². The average Bonchev–Trinajstić information content (AvgIpc) is 2.57. The maximum absolute atomic E-state index is 12.9. The van der Waals surface area contributed by atoms with Crippen molar-refractivity contribution in [1.82, 2.24) is 9.13 Å². The van der Waals surface area contributed by atoms with Gasteiger partial charge in [-0.2, -0.15) is 0 Å². The fourth-order valence-corrected chi connectivity index (χ4v) is 3.17. The predicted octanol–water partition coefficient (Wildman–Crippen LogP) is 3.01. The molecule has 0 radical (unpaired) electrons. The molecule has 130 valence electrons. The monoisotopic (exact) mass is 422 g/mol. The number of fused-ring (bicyclic) bond motifs is 1. The molecule has 0 aliphatic heterocycles. The Bertz CT molecular complexity index is 1040. The van der Waals surface area contributed by atoms with Gasteiger partial charge in [0, 0.05) is 9.50 Å². The van der Waals surface area contributed by atoms with Crippen LogP contribution in [0.3, 0.4) is 0 Å². The first-order valence-corrected chi connectivity index (χ1v) is 8.89. The number of aliphatic hydroxyl groups excluding tert-OH is 1. The van der Waals surface area contributed by atoms with Crippen LogP contribution < -0.4 is 11.2 Å². The molecule has 0 fully saturated rings. The van der Waals surface area contributed by atoms with E-state index in [-0.39, 0.29) is 18.6 Å². The van der Waals surface area contributed by atoms with E-state index in [4.69, 9.17) is 11.6 Å². The van der Waals surface area contributed by atoms with E-state index in [0.717, 1.165) is 10.0 Å². The second-order valence-electron chi connectivity index (χ2n) is 5.92. The minimum atomic E-state index is -0.737. The lowest BCUT2D eigenvalue weighted by Crippen LogP contribution is -2.41. The molecule has 1 unspecified atom stereocenters. The lowest BCUT2D eigenvalue weighted by molar-refractivity contribution is 0.172. The van der Waals surface area contributed by atoms with Gasteiger partial charge in [-0.3, -0.25) is 13.9 Å². The molecule has 0 saturated heterocycles. The molecule has 2 aromatic carbocycles. The highest BCUT2D eigenvalue weighted by atomic mass is 79.9. The van der Waals surface area contributed by atoms with Gasteiger partial charge in [-0.15, -0.1) is 0 Å². The summed E-state index contributed by atoms with van der Waals surface area (Å²) in [5.74, 6) is 0. The number of hydrogen-bond acceptors (Lipinski definition) is 3. The second kappa shape index (κ2) is 7.15. The van der Waals surface area contributed by atoms with E-state index in [1.54, 1.807) is 25.1 Å². The lowest BCUT2D eigenvalue weighted by atomic mass is 10.2. The summed E-state index contributed by atoms with van der Waals surface area (Å²) in [6, 6.07) is 12.2. The molecular formula is C18H16BrClN2O3. The number of benzene rings is 2. The van der Waals surface area contributed by atoms with E-state index in [9.17, 15) is 14.7 Å². The molecule has 0 aliphatic rings. The summed E-state index contributed by atoms with van der Waals surface area (Å²) in [7, 11) is 0. The van der Waals surface area contributed by atoms with E-state index in [2.05, 4.69) is 15.9 Å². The van der Waals surface area contributed by atoms with Crippen LogP contribution in [0.15, 0.2) is 56.5 Å². The Morgan fingerprint density at radius 1 is 1.12 bits per heavy atom. The van der Waals surface area contributed by atoms with Crippen molar-refractivity contribution in [3.05, 3.63) is 78.4 Å². The lowest BCUT2D eigenvalue weighted by Gasteiger charge is -2.15. The third-order valence-corrected chi connectivity index (χ3v) is 4.65. The Morgan fingerprint density at radius 3 is 2.44 bits per heavy atom. The van der Waals surface area contributed by atoms with Gasteiger partial charge in [0.2, 0.25) is 0 Å².